The van der Waals surface area contributed by atoms with Crippen molar-refractivity contribution in [2.45, 2.75) is 30.2 Å². The Morgan fingerprint density at radius 2 is 1.85 bits per heavy atom. The van der Waals surface area contributed by atoms with Gasteiger partial charge in [-0.3, -0.25) is 0 Å². The Hall–Kier alpha value is -1.74. The smallest absolute Gasteiger partial charge is 0.243 e. The first kappa shape index (κ1) is 18.6. The number of nitrogens with one attached hydrogen (secondary N) is 1. The third-order valence-corrected chi connectivity index (χ3v) is 6.77. The second kappa shape index (κ2) is 7.71. The Labute approximate surface area is 163 Å². The maximum absolute atomic E-state index is 12.6. The van der Waals surface area contributed by atoms with Crippen molar-refractivity contribution in [1.29, 1.82) is 0 Å². The van der Waals surface area contributed by atoms with E-state index in [-0.39, 0.29) is 0 Å². The number of morpholine rings is 1. The summed E-state index contributed by atoms with van der Waals surface area (Å²) in [5.41, 5.74) is 0.957. The molecule has 1 aliphatic heterocycles. The molecule has 1 N–H and O–H groups in total. The molecule has 0 radical (unpaired) electrons. The van der Waals surface area contributed by atoms with Gasteiger partial charge >= 0.3 is 0 Å². The average molecular weight is 409 g/mol. The standard InChI is InChI=1S/C18H21ClN4O3S/c19-16-11-17(22-18(21-16)14-3-4-14)20-12-13-1-5-15(6-2-13)27(24,25)23-7-9-26-10-8-23/h1-2,5-6,11,14H,3-4,7-10,12H2,(H,20,21,22). The molecule has 0 spiro atoms. The van der Waals surface area contributed by atoms with Gasteiger partial charge in [0.2, 0.25) is 10.0 Å². The summed E-state index contributed by atoms with van der Waals surface area (Å²) in [4.78, 5) is 9.08. The van der Waals surface area contributed by atoms with Gasteiger partial charge in [0.05, 0.1) is 18.1 Å². The summed E-state index contributed by atoms with van der Waals surface area (Å²) in [6.45, 7) is 2.18. The van der Waals surface area contributed by atoms with E-state index in [2.05, 4.69) is 15.3 Å². The molecule has 1 aromatic carbocycles. The molecule has 0 atom stereocenters. The zero-order valence-corrected chi connectivity index (χ0v) is 16.3. The average Bonchev–Trinajstić information content (AvgIpc) is 3.52. The Bertz CT molecular complexity index is 911. The lowest BCUT2D eigenvalue weighted by atomic mass is 10.2. The minimum Gasteiger partial charge on any atom is -0.379 e. The molecule has 2 heterocycles. The second-order valence-electron chi connectivity index (χ2n) is 6.72. The number of aromatic nitrogens is 2. The molecule has 0 bridgehead atoms. The topological polar surface area (TPSA) is 84.4 Å². The minimum absolute atomic E-state index is 0.300. The van der Waals surface area contributed by atoms with Gasteiger partial charge in [0.25, 0.3) is 0 Å². The number of hydrogen-bond acceptors (Lipinski definition) is 6. The normalized spacial score (nSPS) is 18.4. The van der Waals surface area contributed by atoms with Gasteiger partial charge < -0.3 is 10.1 Å². The summed E-state index contributed by atoms with van der Waals surface area (Å²) in [6, 6.07) is 8.61. The van der Waals surface area contributed by atoms with Crippen LogP contribution in [0.2, 0.25) is 5.15 Å². The van der Waals surface area contributed by atoms with Crippen LogP contribution in [0, 0.1) is 0 Å². The van der Waals surface area contributed by atoms with Crippen LogP contribution in [-0.2, 0) is 21.3 Å². The van der Waals surface area contributed by atoms with Crippen molar-refractivity contribution in [3.05, 3.63) is 46.9 Å². The number of hydrogen-bond donors (Lipinski definition) is 1. The Kier molecular flexibility index (Phi) is 5.32. The van der Waals surface area contributed by atoms with E-state index in [9.17, 15) is 8.42 Å². The predicted octanol–water partition coefficient (Wildman–Crippen LogP) is 2.64. The third kappa shape index (κ3) is 4.40. The molecule has 2 aromatic rings. The molecular weight excluding hydrogens is 388 g/mol. The fourth-order valence-electron chi connectivity index (χ4n) is 2.96. The van der Waals surface area contributed by atoms with Crippen LogP contribution >= 0.6 is 11.6 Å². The highest BCUT2D eigenvalue weighted by molar-refractivity contribution is 7.89. The highest BCUT2D eigenvalue weighted by Gasteiger charge is 2.27. The molecule has 4 rings (SSSR count). The number of rotatable bonds is 6. The molecular formula is C18H21ClN4O3S. The largest absolute Gasteiger partial charge is 0.379 e. The van der Waals surface area contributed by atoms with Gasteiger partial charge in [0.1, 0.15) is 16.8 Å². The van der Waals surface area contributed by atoms with Gasteiger partial charge in [-0.1, -0.05) is 23.7 Å². The molecule has 1 aliphatic carbocycles. The molecule has 1 saturated carbocycles. The first-order valence-electron chi connectivity index (χ1n) is 8.97. The molecule has 0 amide bonds. The minimum atomic E-state index is -3.46. The first-order chi connectivity index (χ1) is 13.0. The summed E-state index contributed by atoms with van der Waals surface area (Å²) in [5, 5.41) is 3.67. The molecule has 144 valence electrons. The van der Waals surface area contributed by atoms with Crippen molar-refractivity contribution in [2.24, 2.45) is 0 Å². The van der Waals surface area contributed by atoms with Crippen LogP contribution in [0.5, 0.6) is 0 Å². The highest BCUT2D eigenvalue weighted by Crippen LogP contribution is 2.38. The van der Waals surface area contributed by atoms with Crippen LogP contribution in [0.3, 0.4) is 0 Å². The SMILES string of the molecule is O=S(=O)(c1ccc(CNc2cc(Cl)nc(C3CC3)n2)cc1)N1CCOCC1. The second-order valence-corrected chi connectivity index (χ2v) is 9.05. The van der Waals surface area contributed by atoms with E-state index >= 15 is 0 Å². The quantitative estimate of drug-likeness (QED) is 0.739. The Balaban J connectivity index is 1.42. The Morgan fingerprint density at radius 3 is 2.52 bits per heavy atom. The summed E-state index contributed by atoms with van der Waals surface area (Å²) >= 11 is 6.08. The third-order valence-electron chi connectivity index (χ3n) is 4.66. The van der Waals surface area contributed by atoms with Crippen molar-refractivity contribution >= 4 is 27.4 Å². The molecule has 2 fully saturated rings. The van der Waals surface area contributed by atoms with Gasteiger partial charge in [-0.25, -0.2) is 18.4 Å². The number of anilines is 1. The Morgan fingerprint density at radius 1 is 1.15 bits per heavy atom. The summed E-state index contributed by atoms with van der Waals surface area (Å²) in [5.74, 6) is 1.90. The lowest BCUT2D eigenvalue weighted by Crippen LogP contribution is -2.40. The molecule has 1 aromatic heterocycles. The van der Waals surface area contributed by atoms with Gasteiger partial charge in [-0.2, -0.15) is 4.31 Å². The van der Waals surface area contributed by atoms with Crippen molar-refractivity contribution in [3.63, 3.8) is 0 Å². The number of halogens is 1. The maximum Gasteiger partial charge on any atom is 0.243 e. The van der Waals surface area contributed by atoms with Crippen molar-refractivity contribution in [1.82, 2.24) is 14.3 Å². The monoisotopic (exact) mass is 408 g/mol. The molecule has 27 heavy (non-hydrogen) atoms. The fourth-order valence-corrected chi connectivity index (χ4v) is 4.56. The van der Waals surface area contributed by atoms with E-state index in [1.54, 1.807) is 18.2 Å². The first-order valence-corrected chi connectivity index (χ1v) is 10.8. The summed E-state index contributed by atoms with van der Waals surface area (Å²) in [6.07, 6.45) is 2.22. The number of nitrogens with zero attached hydrogens (tertiary/aromatic N) is 3. The van der Waals surface area contributed by atoms with Gasteiger partial charge in [0, 0.05) is 31.6 Å². The van der Waals surface area contributed by atoms with Crippen LogP contribution < -0.4 is 5.32 Å². The highest BCUT2D eigenvalue weighted by atomic mass is 35.5. The molecule has 9 heteroatoms. The maximum atomic E-state index is 12.6. The number of ether oxygens (including phenoxy) is 1. The molecule has 7 nitrogen and oxygen atoms in total. The van der Waals surface area contributed by atoms with E-state index in [0.717, 1.165) is 24.2 Å². The van der Waals surface area contributed by atoms with Crippen molar-refractivity contribution < 1.29 is 13.2 Å². The van der Waals surface area contributed by atoms with Crippen LogP contribution in [0.15, 0.2) is 35.2 Å². The van der Waals surface area contributed by atoms with Crippen molar-refractivity contribution in [2.75, 3.05) is 31.6 Å². The van der Waals surface area contributed by atoms with Gasteiger partial charge in [0.15, 0.2) is 0 Å². The fraction of sp³-hybridized carbons (Fsp3) is 0.444. The molecule has 2 aliphatic rings. The van der Waals surface area contributed by atoms with Crippen molar-refractivity contribution in [3.8, 4) is 0 Å². The zero-order chi connectivity index (χ0) is 18.9. The van der Waals surface area contributed by atoms with E-state index < -0.39 is 10.0 Å². The van der Waals surface area contributed by atoms with Crippen LogP contribution in [-0.4, -0.2) is 49.0 Å². The predicted molar refractivity (Wildman–Crippen MR) is 102 cm³/mol. The van der Waals surface area contributed by atoms with E-state index in [1.807, 2.05) is 12.1 Å². The number of benzene rings is 1. The van der Waals surface area contributed by atoms with Crippen LogP contribution in [0.4, 0.5) is 5.82 Å². The number of sulfonamides is 1. The molecule has 0 unspecified atom stereocenters. The van der Waals surface area contributed by atoms with Crippen LogP contribution in [0.1, 0.15) is 30.1 Å². The summed E-state index contributed by atoms with van der Waals surface area (Å²) in [7, 11) is -3.46. The molecule has 1 saturated heterocycles. The van der Waals surface area contributed by atoms with Crippen LogP contribution in [0.25, 0.3) is 0 Å². The van der Waals surface area contributed by atoms with E-state index in [1.165, 1.54) is 4.31 Å². The lowest BCUT2D eigenvalue weighted by Gasteiger charge is -2.26. The lowest BCUT2D eigenvalue weighted by molar-refractivity contribution is 0.0730. The zero-order valence-electron chi connectivity index (χ0n) is 14.8. The van der Waals surface area contributed by atoms with E-state index in [0.29, 0.717) is 54.6 Å². The summed E-state index contributed by atoms with van der Waals surface area (Å²) < 4.78 is 32.0. The van der Waals surface area contributed by atoms with E-state index in [4.69, 9.17) is 16.3 Å². The van der Waals surface area contributed by atoms with Gasteiger partial charge in [-0.15, -0.1) is 0 Å². The van der Waals surface area contributed by atoms with Gasteiger partial charge in [-0.05, 0) is 30.5 Å².